The lowest BCUT2D eigenvalue weighted by Crippen LogP contribution is -1.89. The molecule has 0 aliphatic heterocycles. The van der Waals surface area contributed by atoms with Gasteiger partial charge in [0.05, 0.1) is 0 Å². The van der Waals surface area contributed by atoms with E-state index in [-0.39, 0.29) is 0 Å². The van der Waals surface area contributed by atoms with Crippen molar-refractivity contribution in [1.82, 2.24) is 0 Å². The highest BCUT2D eigenvalue weighted by atomic mass is 14.5. The average molecular weight is 228 g/mol. The molecule has 0 unspecified atom stereocenters. The zero-order chi connectivity index (χ0) is 12.7. The van der Waals surface area contributed by atoms with Gasteiger partial charge in [-0.05, 0) is 42.3 Å². The maximum Gasteiger partial charge on any atom is 0.0344 e. The quantitative estimate of drug-likeness (QED) is 0.736. The fourth-order valence-electron chi connectivity index (χ4n) is 1.49. The Kier molecular flexibility index (Phi) is 5.24. The van der Waals surface area contributed by atoms with Gasteiger partial charge in [-0.15, -0.1) is 0 Å². The molecule has 0 radical (unpaired) electrons. The molecule has 0 aromatic heterocycles. The average Bonchev–Trinajstić information content (AvgIpc) is 2.35. The van der Waals surface area contributed by atoms with Gasteiger partial charge in [0.1, 0.15) is 0 Å². The molecule has 0 heterocycles. The summed E-state index contributed by atoms with van der Waals surface area (Å²) in [5.41, 5.74) is 15.0. The van der Waals surface area contributed by atoms with Gasteiger partial charge in [-0.2, -0.15) is 0 Å². The first-order valence-electron chi connectivity index (χ1n) is 5.80. The van der Waals surface area contributed by atoms with E-state index in [2.05, 4.69) is 24.3 Å². The third kappa shape index (κ3) is 3.93. The van der Waals surface area contributed by atoms with E-state index in [9.17, 15) is 0 Å². The zero-order valence-corrected chi connectivity index (χ0v) is 10.5. The molecular weight excluding hydrogens is 208 g/mol. The van der Waals surface area contributed by atoms with Gasteiger partial charge in [-0.3, -0.25) is 0 Å². The second-order valence-electron chi connectivity index (χ2n) is 3.85. The van der Waals surface area contributed by atoms with Crippen LogP contribution in [0.4, 0.5) is 5.69 Å². The lowest BCUT2D eigenvalue weighted by molar-refractivity contribution is 1.14. The van der Waals surface area contributed by atoms with E-state index < -0.39 is 0 Å². The van der Waals surface area contributed by atoms with Crippen molar-refractivity contribution in [2.24, 2.45) is 5.73 Å². The van der Waals surface area contributed by atoms with Crippen LogP contribution in [0.1, 0.15) is 12.5 Å². The number of anilines is 1. The van der Waals surface area contributed by atoms with Gasteiger partial charge in [-0.25, -0.2) is 0 Å². The Morgan fingerprint density at radius 1 is 0.941 bits per heavy atom. The maximum atomic E-state index is 5.77. The van der Waals surface area contributed by atoms with Gasteiger partial charge in [-0.1, -0.05) is 43.3 Å². The number of aryl methyl sites for hydroxylation is 1. The summed E-state index contributed by atoms with van der Waals surface area (Å²) in [6.45, 7) is 4.68. The smallest absolute Gasteiger partial charge is 0.0344 e. The molecule has 2 heteroatoms. The first kappa shape index (κ1) is 13.3. The molecule has 0 fully saturated rings. The van der Waals surface area contributed by atoms with Crippen molar-refractivity contribution in [2.75, 3.05) is 12.3 Å². The number of hydrogen-bond acceptors (Lipinski definition) is 2. The maximum absolute atomic E-state index is 5.77. The van der Waals surface area contributed by atoms with Crippen molar-refractivity contribution in [3.8, 4) is 11.1 Å². The molecule has 2 rings (SSSR count). The van der Waals surface area contributed by atoms with Crippen molar-refractivity contribution < 1.29 is 0 Å². The van der Waals surface area contributed by atoms with Crippen LogP contribution in [-0.4, -0.2) is 6.54 Å². The van der Waals surface area contributed by atoms with E-state index in [0.29, 0.717) is 0 Å². The van der Waals surface area contributed by atoms with E-state index >= 15 is 0 Å². The van der Waals surface area contributed by atoms with Crippen LogP contribution >= 0.6 is 0 Å². The minimum atomic E-state index is 0.750. The summed E-state index contributed by atoms with van der Waals surface area (Å²) in [5, 5.41) is 0. The van der Waals surface area contributed by atoms with Crippen molar-refractivity contribution in [3.63, 3.8) is 0 Å². The number of hydrogen-bond donors (Lipinski definition) is 2. The van der Waals surface area contributed by atoms with Crippen LogP contribution in [0.25, 0.3) is 11.1 Å². The molecule has 2 aromatic rings. The van der Waals surface area contributed by atoms with E-state index in [1.807, 2.05) is 38.1 Å². The number of benzene rings is 2. The normalized spacial score (nSPS) is 9.35. The van der Waals surface area contributed by atoms with Crippen molar-refractivity contribution in [1.29, 1.82) is 0 Å². The minimum absolute atomic E-state index is 0.750. The Morgan fingerprint density at radius 3 is 2.06 bits per heavy atom. The number of nitrogen functional groups attached to an aromatic ring is 1. The third-order valence-corrected chi connectivity index (χ3v) is 2.38. The number of rotatable bonds is 1. The van der Waals surface area contributed by atoms with Gasteiger partial charge in [0.25, 0.3) is 0 Å². The van der Waals surface area contributed by atoms with Crippen LogP contribution in [0.15, 0.2) is 48.5 Å². The molecule has 0 atom stereocenters. The summed E-state index contributed by atoms with van der Waals surface area (Å²) in [7, 11) is 0. The molecule has 90 valence electrons. The summed E-state index contributed by atoms with van der Waals surface area (Å²) in [6, 6.07) is 16.4. The highest BCUT2D eigenvalue weighted by Crippen LogP contribution is 2.22. The highest BCUT2D eigenvalue weighted by molar-refractivity contribution is 5.67. The van der Waals surface area contributed by atoms with Crippen molar-refractivity contribution >= 4 is 5.69 Å². The molecule has 17 heavy (non-hydrogen) atoms. The standard InChI is InChI=1S/C13H13N.C2H7N/c1-10-9-12(7-8-13(10)14)11-5-3-2-4-6-11;1-2-3/h2-9H,14H2,1H3;2-3H2,1H3. The van der Waals surface area contributed by atoms with Crippen LogP contribution in [0.2, 0.25) is 0 Å². The predicted molar refractivity (Wildman–Crippen MR) is 75.8 cm³/mol. The predicted octanol–water partition coefficient (Wildman–Crippen LogP) is 3.21. The Morgan fingerprint density at radius 2 is 1.53 bits per heavy atom. The Labute approximate surface area is 103 Å². The van der Waals surface area contributed by atoms with Crippen molar-refractivity contribution in [2.45, 2.75) is 13.8 Å². The Bertz CT molecular complexity index is 450. The summed E-state index contributed by atoms with van der Waals surface area (Å²) in [4.78, 5) is 0. The van der Waals surface area contributed by atoms with E-state index in [1.165, 1.54) is 11.1 Å². The minimum Gasteiger partial charge on any atom is -0.399 e. The Balaban J connectivity index is 0.000000437. The third-order valence-electron chi connectivity index (χ3n) is 2.38. The first-order valence-corrected chi connectivity index (χ1v) is 5.80. The summed E-state index contributed by atoms with van der Waals surface area (Å²) < 4.78 is 0. The molecule has 0 spiro atoms. The number of nitrogens with two attached hydrogens (primary N) is 2. The topological polar surface area (TPSA) is 52.0 Å². The molecule has 0 amide bonds. The molecule has 0 saturated heterocycles. The van der Waals surface area contributed by atoms with Crippen molar-refractivity contribution in [3.05, 3.63) is 54.1 Å². The first-order chi connectivity index (χ1) is 8.19. The zero-order valence-electron chi connectivity index (χ0n) is 10.5. The molecule has 2 nitrogen and oxygen atoms in total. The van der Waals surface area contributed by atoms with Gasteiger partial charge in [0, 0.05) is 5.69 Å². The Hall–Kier alpha value is -1.80. The van der Waals surface area contributed by atoms with Crippen LogP contribution < -0.4 is 11.5 Å². The van der Waals surface area contributed by atoms with Crippen LogP contribution in [0, 0.1) is 6.92 Å². The second kappa shape index (κ2) is 6.71. The van der Waals surface area contributed by atoms with Gasteiger partial charge in [0.2, 0.25) is 0 Å². The SMILES string of the molecule is CCN.Cc1cc(-c2ccccc2)ccc1N. The van der Waals surface area contributed by atoms with E-state index in [1.54, 1.807) is 0 Å². The molecule has 0 saturated carbocycles. The van der Waals surface area contributed by atoms with E-state index in [0.717, 1.165) is 17.8 Å². The van der Waals surface area contributed by atoms with Gasteiger partial charge < -0.3 is 11.5 Å². The molecule has 2 aromatic carbocycles. The second-order valence-corrected chi connectivity index (χ2v) is 3.85. The van der Waals surface area contributed by atoms with Gasteiger partial charge in [0.15, 0.2) is 0 Å². The van der Waals surface area contributed by atoms with Crippen LogP contribution in [-0.2, 0) is 0 Å². The van der Waals surface area contributed by atoms with Crippen LogP contribution in [0.3, 0.4) is 0 Å². The monoisotopic (exact) mass is 228 g/mol. The molecule has 0 aliphatic rings. The largest absolute Gasteiger partial charge is 0.399 e. The summed E-state index contributed by atoms with van der Waals surface area (Å²) in [6.07, 6.45) is 0. The van der Waals surface area contributed by atoms with Gasteiger partial charge >= 0.3 is 0 Å². The molecule has 0 bridgehead atoms. The molecular formula is C15H20N2. The summed E-state index contributed by atoms with van der Waals surface area (Å²) in [5.74, 6) is 0. The summed E-state index contributed by atoms with van der Waals surface area (Å²) >= 11 is 0. The molecule has 4 N–H and O–H groups in total. The highest BCUT2D eigenvalue weighted by Gasteiger charge is 1.98. The van der Waals surface area contributed by atoms with E-state index in [4.69, 9.17) is 11.5 Å². The lowest BCUT2D eigenvalue weighted by atomic mass is 10.0. The van der Waals surface area contributed by atoms with Crippen LogP contribution in [0.5, 0.6) is 0 Å². The molecule has 0 aliphatic carbocycles. The fourth-order valence-corrected chi connectivity index (χ4v) is 1.49. The lowest BCUT2D eigenvalue weighted by Gasteiger charge is -2.04. The fraction of sp³-hybridized carbons (Fsp3) is 0.200.